The predicted molar refractivity (Wildman–Crippen MR) is 103 cm³/mol. The van der Waals surface area contributed by atoms with Crippen LogP contribution in [-0.4, -0.2) is 22.4 Å². The van der Waals surface area contributed by atoms with Crippen molar-refractivity contribution in [3.05, 3.63) is 10.6 Å². The molecule has 0 aromatic carbocycles. The zero-order chi connectivity index (χ0) is 17.7. The SMILES string of the molecule is C[C@H](C(O)C1CCC(C)(C)C1O)[C@H]1CCC2/C(=C/Br)CCC[C@@]21C. The van der Waals surface area contributed by atoms with Gasteiger partial charge in [-0.25, -0.2) is 0 Å². The van der Waals surface area contributed by atoms with Crippen molar-refractivity contribution in [3.8, 4) is 0 Å². The van der Waals surface area contributed by atoms with E-state index in [0.717, 1.165) is 12.8 Å². The van der Waals surface area contributed by atoms with Crippen LogP contribution in [0, 0.1) is 34.5 Å². The normalized spacial score (nSPS) is 46.0. The molecule has 3 saturated carbocycles. The number of aliphatic hydroxyl groups excluding tert-OH is 2. The van der Waals surface area contributed by atoms with E-state index < -0.39 is 0 Å². The van der Waals surface area contributed by atoms with Crippen LogP contribution in [0.1, 0.15) is 72.6 Å². The summed E-state index contributed by atoms with van der Waals surface area (Å²) in [5.41, 5.74) is 1.84. The third kappa shape index (κ3) is 2.93. The first-order valence-corrected chi connectivity index (χ1v) is 10.8. The number of rotatable bonds is 3. The Balaban J connectivity index is 1.77. The van der Waals surface area contributed by atoms with Crippen molar-refractivity contribution in [1.29, 1.82) is 0 Å². The minimum atomic E-state index is -0.374. The number of allylic oxidation sites excluding steroid dienone is 1. The molecule has 0 bridgehead atoms. The Bertz CT molecular complexity index is 500. The molecule has 2 nitrogen and oxygen atoms in total. The number of hydrogen-bond acceptors (Lipinski definition) is 2. The Morgan fingerprint density at radius 1 is 1.17 bits per heavy atom. The number of halogens is 1. The molecule has 3 aliphatic carbocycles. The van der Waals surface area contributed by atoms with E-state index in [9.17, 15) is 10.2 Å². The second kappa shape index (κ2) is 6.70. The Morgan fingerprint density at radius 2 is 1.88 bits per heavy atom. The topological polar surface area (TPSA) is 40.5 Å². The maximum absolute atomic E-state index is 11.1. The fourth-order valence-electron chi connectivity index (χ4n) is 6.48. The standard InChI is InChI=1S/C21H35BrO2/c1-13(18(23)15-9-11-20(2,3)19(15)24)16-7-8-17-14(12-22)6-5-10-21(16,17)4/h12-13,15-19,23-24H,5-11H2,1-4H3/b14-12+/t13-,15?,16+,17?,18?,19?,21+/m0/s1. The highest BCUT2D eigenvalue weighted by molar-refractivity contribution is 9.11. The van der Waals surface area contributed by atoms with Gasteiger partial charge in [0, 0.05) is 5.92 Å². The lowest BCUT2D eigenvalue weighted by Gasteiger charge is -2.46. The molecule has 3 heteroatoms. The largest absolute Gasteiger partial charge is 0.392 e. The van der Waals surface area contributed by atoms with Gasteiger partial charge in [-0.05, 0) is 78.5 Å². The lowest BCUT2D eigenvalue weighted by Crippen LogP contribution is -2.44. The second-order valence-electron chi connectivity index (χ2n) is 9.77. The maximum atomic E-state index is 11.1. The van der Waals surface area contributed by atoms with Gasteiger partial charge in [0.2, 0.25) is 0 Å². The Hall–Kier alpha value is 0.140. The summed E-state index contributed by atoms with van der Waals surface area (Å²) in [7, 11) is 0. The number of aliphatic hydroxyl groups is 2. The van der Waals surface area contributed by atoms with E-state index >= 15 is 0 Å². The van der Waals surface area contributed by atoms with E-state index in [4.69, 9.17) is 0 Å². The Kier molecular flexibility index (Phi) is 5.28. The van der Waals surface area contributed by atoms with Crippen molar-refractivity contribution in [1.82, 2.24) is 0 Å². The Labute approximate surface area is 156 Å². The maximum Gasteiger partial charge on any atom is 0.0644 e. The molecule has 3 rings (SSSR count). The smallest absolute Gasteiger partial charge is 0.0644 e. The van der Waals surface area contributed by atoms with Crippen molar-refractivity contribution in [3.63, 3.8) is 0 Å². The van der Waals surface area contributed by atoms with Gasteiger partial charge in [-0.1, -0.05) is 49.2 Å². The van der Waals surface area contributed by atoms with Crippen LogP contribution in [0.5, 0.6) is 0 Å². The minimum absolute atomic E-state index is 0.0485. The highest BCUT2D eigenvalue weighted by Crippen LogP contribution is 2.60. The Morgan fingerprint density at radius 3 is 2.46 bits per heavy atom. The summed E-state index contributed by atoms with van der Waals surface area (Å²) < 4.78 is 0. The molecule has 0 amide bonds. The zero-order valence-corrected chi connectivity index (χ0v) is 17.3. The van der Waals surface area contributed by atoms with Crippen LogP contribution < -0.4 is 0 Å². The van der Waals surface area contributed by atoms with Crippen LogP contribution in [0.2, 0.25) is 0 Å². The van der Waals surface area contributed by atoms with Gasteiger partial charge in [0.1, 0.15) is 0 Å². The summed E-state index contributed by atoms with van der Waals surface area (Å²) >= 11 is 3.59. The number of fused-ring (bicyclic) bond motifs is 1. The van der Waals surface area contributed by atoms with E-state index in [0.29, 0.717) is 17.3 Å². The van der Waals surface area contributed by atoms with Crippen LogP contribution in [0.3, 0.4) is 0 Å². The summed E-state index contributed by atoms with van der Waals surface area (Å²) in [4.78, 5) is 2.17. The third-order valence-corrected chi connectivity index (χ3v) is 8.71. The molecule has 24 heavy (non-hydrogen) atoms. The quantitative estimate of drug-likeness (QED) is 0.678. The fraction of sp³-hybridized carbons (Fsp3) is 0.905. The lowest BCUT2D eigenvalue weighted by atomic mass is 9.60. The van der Waals surface area contributed by atoms with Crippen molar-refractivity contribution < 1.29 is 10.2 Å². The first-order valence-electron chi connectivity index (χ1n) is 9.87. The fourth-order valence-corrected chi connectivity index (χ4v) is 7.03. The monoisotopic (exact) mass is 398 g/mol. The molecule has 0 aliphatic heterocycles. The van der Waals surface area contributed by atoms with Gasteiger partial charge >= 0.3 is 0 Å². The van der Waals surface area contributed by atoms with Gasteiger partial charge in [0.15, 0.2) is 0 Å². The van der Waals surface area contributed by atoms with Gasteiger partial charge in [-0.3, -0.25) is 0 Å². The molecule has 0 aromatic rings. The van der Waals surface area contributed by atoms with Crippen LogP contribution in [0.15, 0.2) is 10.6 Å². The van der Waals surface area contributed by atoms with Crippen molar-refractivity contribution in [2.45, 2.75) is 84.8 Å². The third-order valence-electron chi connectivity index (χ3n) is 8.12. The molecule has 138 valence electrons. The summed E-state index contributed by atoms with van der Waals surface area (Å²) in [6.45, 7) is 8.97. The molecule has 0 aromatic heterocycles. The molecular formula is C21H35BrO2. The summed E-state index contributed by atoms with van der Waals surface area (Å²) in [5, 5.41) is 21.8. The van der Waals surface area contributed by atoms with Crippen LogP contribution in [0.25, 0.3) is 0 Å². The zero-order valence-electron chi connectivity index (χ0n) is 15.8. The highest BCUT2D eigenvalue weighted by Gasteiger charge is 2.54. The molecule has 4 unspecified atom stereocenters. The van der Waals surface area contributed by atoms with Gasteiger partial charge in [-0.15, -0.1) is 0 Å². The molecule has 2 N–H and O–H groups in total. The molecule has 0 heterocycles. The van der Waals surface area contributed by atoms with E-state index in [1.54, 1.807) is 5.57 Å². The molecule has 7 atom stereocenters. The molecule has 3 aliphatic rings. The van der Waals surface area contributed by atoms with Crippen LogP contribution >= 0.6 is 15.9 Å². The van der Waals surface area contributed by atoms with Gasteiger partial charge in [0.05, 0.1) is 12.2 Å². The van der Waals surface area contributed by atoms with Gasteiger partial charge in [0.25, 0.3) is 0 Å². The number of hydrogen-bond donors (Lipinski definition) is 2. The summed E-state index contributed by atoms with van der Waals surface area (Å²) in [6.07, 6.45) is 7.48. The molecule has 3 fully saturated rings. The summed E-state index contributed by atoms with van der Waals surface area (Å²) in [6, 6.07) is 0. The first-order chi connectivity index (χ1) is 11.2. The van der Waals surface area contributed by atoms with Crippen molar-refractivity contribution in [2.24, 2.45) is 34.5 Å². The van der Waals surface area contributed by atoms with Crippen LogP contribution in [0.4, 0.5) is 0 Å². The van der Waals surface area contributed by atoms with Crippen LogP contribution in [-0.2, 0) is 0 Å². The first kappa shape index (κ1) is 18.9. The highest BCUT2D eigenvalue weighted by atomic mass is 79.9. The average molecular weight is 399 g/mol. The molecule has 0 spiro atoms. The van der Waals surface area contributed by atoms with Crippen molar-refractivity contribution in [2.75, 3.05) is 0 Å². The summed E-state index contributed by atoms with van der Waals surface area (Å²) in [5.74, 6) is 1.56. The second-order valence-corrected chi connectivity index (χ2v) is 10.2. The molecule has 0 radical (unpaired) electrons. The average Bonchev–Trinajstić information content (AvgIpc) is 3.02. The molecule has 0 saturated heterocycles. The van der Waals surface area contributed by atoms with Gasteiger partial charge < -0.3 is 10.2 Å². The van der Waals surface area contributed by atoms with Crippen molar-refractivity contribution >= 4 is 15.9 Å². The minimum Gasteiger partial charge on any atom is -0.392 e. The molecular weight excluding hydrogens is 364 g/mol. The van der Waals surface area contributed by atoms with E-state index in [-0.39, 0.29) is 29.5 Å². The predicted octanol–water partition coefficient (Wildman–Crippen LogP) is 5.28. The lowest BCUT2D eigenvalue weighted by molar-refractivity contribution is -0.0568. The van der Waals surface area contributed by atoms with Gasteiger partial charge in [-0.2, -0.15) is 0 Å². The van der Waals surface area contributed by atoms with E-state index in [1.165, 1.54) is 32.1 Å². The van der Waals surface area contributed by atoms with E-state index in [1.807, 2.05) is 0 Å². The van der Waals surface area contributed by atoms with E-state index in [2.05, 4.69) is 48.6 Å².